The average molecular weight is 334 g/mol. The van der Waals surface area contributed by atoms with E-state index in [-0.39, 0.29) is 0 Å². The third kappa shape index (κ3) is 3.97. The molecule has 1 saturated carbocycles. The van der Waals surface area contributed by atoms with Crippen LogP contribution in [0.4, 0.5) is 0 Å². The zero-order valence-electron chi connectivity index (χ0n) is 11.6. The van der Waals surface area contributed by atoms with Crippen LogP contribution in [0.15, 0.2) is 40.9 Å². The molecule has 0 bridgehead atoms. The Morgan fingerprint density at radius 3 is 2.70 bits per heavy atom. The van der Waals surface area contributed by atoms with Gasteiger partial charge in [0.05, 0.1) is 6.61 Å². The Bertz CT molecular complexity index is 580. The van der Waals surface area contributed by atoms with Crippen molar-refractivity contribution in [3.8, 4) is 5.75 Å². The van der Waals surface area contributed by atoms with E-state index in [1.165, 1.54) is 30.0 Å². The van der Waals surface area contributed by atoms with Crippen LogP contribution in [-0.2, 0) is 0 Å². The van der Waals surface area contributed by atoms with Crippen LogP contribution >= 0.6 is 15.9 Å². The van der Waals surface area contributed by atoms with Gasteiger partial charge in [-0.15, -0.1) is 0 Å². The molecule has 0 heterocycles. The van der Waals surface area contributed by atoms with Gasteiger partial charge in [0, 0.05) is 10.5 Å². The Balaban J connectivity index is 1.45. The molecule has 0 atom stereocenters. The number of ether oxygens (including phenoxy) is 1. The van der Waals surface area contributed by atoms with Crippen LogP contribution in [-0.4, -0.2) is 19.2 Å². The minimum atomic E-state index is 0.800. The van der Waals surface area contributed by atoms with Gasteiger partial charge in [-0.25, -0.2) is 0 Å². The summed E-state index contributed by atoms with van der Waals surface area (Å²) < 4.78 is 6.94. The van der Waals surface area contributed by atoms with E-state index in [1.54, 1.807) is 0 Å². The molecule has 0 spiro atoms. The maximum absolute atomic E-state index is 5.83. The average Bonchev–Trinajstić information content (AvgIpc) is 3.27. The van der Waals surface area contributed by atoms with Gasteiger partial charge in [0.2, 0.25) is 0 Å². The van der Waals surface area contributed by atoms with E-state index in [2.05, 4.69) is 57.6 Å². The van der Waals surface area contributed by atoms with Crippen molar-refractivity contribution in [1.29, 1.82) is 0 Å². The number of nitrogens with one attached hydrogen (secondary N) is 1. The van der Waals surface area contributed by atoms with Crippen molar-refractivity contribution in [3.05, 3.63) is 40.9 Å². The van der Waals surface area contributed by atoms with Gasteiger partial charge in [-0.3, -0.25) is 0 Å². The second kappa shape index (κ2) is 6.59. The molecule has 0 amide bonds. The summed E-state index contributed by atoms with van der Waals surface area (Å²) in [6.45, 7) is 1.92. The van der Waals surface area contributed by atoms with Gasteiger partial charge < -0.3 is 10.1 Å². The van der Waals surface area contributed by atoms with Crippen molar-refractivity contribution in [2.45, 2.75) is 31.7 Å². The fourth-order valence-electron chi connectivity index (χ4n) is 2.30. The van der Waals surface area contributed by atoms with Crippen LogP contribution in [0, 0.1) is 0 Å². The maximum Gasteiger partial charge on any atom is 0.119 e. The summed E-state index contributed by atoms with van der Waals surface area (Å²) in [4.78, 5) is 0. The van der Waals surface area contributed by atoms with E-state index in [0.717, 1.165) is 35.8 Å². The predicted molar refractivity (Wildman–Crippen MR) is 87.4 cm³/mol. The molecule has 0 radical (unpaired) electrons. The largest absolute Gasteiger partial charge is 0.494 e. The zero-order valence-corrected chi connectivity index (χ0v) is 13.2. The molecule has 2 aromatic carbocycles. The fraction of sp³-hybridized carbons (Fsp3) is 0.412. The normalized spacial score (nSPS) is 14.7. The number of fused-ring (bicyclic) bond motifs is 1. The number of benzene rings is 2. The second-order valence-electron chi connectivity index (χ2n) is 5.44. The molecule has 1 fully saturated rings. The van der Waals surface area contributed by atoms with Gasteiger partial charge in [0.1, 0.15) is 5.75 Å². The van der Waals surface area contributed by atoms with E-state index in [1.807, 2.05) is 0 Å². The van der Waals surface area contributed by atoms with Crippen LogP contribution in [0.5, 0.6) is 5.75 Å². The molecule has 0 aliphatic heterocycles. The Morgan fingerprint density at radius 1 is 1.05 bits per heavy atom. The second-order valence-corrected chi connectivity index (χ2v) is 6.35. The minimum absolute atomic E-state index is 0.800. The number of hydrogen-bond acceptors (Lipinski definition) is 2. The van der Waals surface area contributed by atoms with E-state index in [9.17, 15) is 0 Å². The SMILES string of the molecule is Brc1ccc2cc(OCCCCNC3CC3)ccc2c1. The molecule has 2 aromatic rings. The summed E-state index contributed by atoms with van der Waals surface area (Å²) in [5.41, 5.74) is 0. The standard InChI is InChI=1S/C17H20BrNO/c18-15-5-3-14-12-17(8-4-13(14)11-15)20-10-2-1-9-19-16-6-7-16/h3-5,8,11-12,16,19H,1-2,6-7,9-10H2. The van der Waals surface area contributed by atoms with Gasteiger partial charge in [-0.05, 0) is 67.3 Å². The van der Waals surface area contributed by atoms with Gasteiger partial charge in [-0.1, -0.05) is 28.1 Å². The lowest BCUT2D eigenvalue weighted by Gasteiger charge is -2.08. The fourth-order valence-corrected chi connectivity index (χ4v) is 2.67. The van der Waals surface area contributed by atoms with E-state index in [0.29, 0.717) is 0 Å². The summed E-state index contributed by atoms with van der Waals surface area (Å²) in [6, 6.07) is 13.4. The van der Waals surface area contributed by atoms with Gasteiger partial charge >= 0.3 is 0 Å². The Hall–Kier alpha value is -1.06. The lowest BCUT2D eigenvalue weighted by molar-refractivity contribution is 0.306. The first-order valence-electron chi connectivity index (χ1n) is 7.37. The van der Waals surface area contributed by atoms with Crippen LogP contribution in [0.25, 0.3) is 10.8 Å². The molecule has 3 heteroatoms. The molecule has 1 aliphatic rings. The molecule has 0 saturated heterocycles. The molecule has 106 valence electrons. The number of halogens is 1. The highest BCUT2D eigenvalue weighted by Crippen LogP contribution is 2.24. The molecule has 0 unspecified atom stereocenters. The van der Waals surface area contributed by atoms with Crippen LogP contribution in [0.1, 0.15) is 25.7 Å². The number of hydrogen-bond donors (Lipinski definition) is 1. The van der Waals surface area contributed by atoms with Crippen molar-refractivity contribution < 1.29 is 4.74 Å². The van der Waals surface area contributed by atoms with Gasteiger partial charge in [0.15, 0.2) is 0 Å². The highest BCUT2D eigenvalue weighted by atomic mass is 79.9. The molecular formula is C17H20BrNO. The highest BCUT2D eigenvalue weighted by Gasteiger charge is 2.19. The lowest BCUT2D eigenvalue weighted by atomic mass is 10.1. The monoisotopic (exact) mass is 333 g/mol. The molecule has 1 aliphatic carbocycles. The number of rotatable bonds is 7. The molecule has 20 heavy (non-hydrogen) atoms. The smallest absolute Gasteiger partial charge is 0.119 e. The zero-order chi connectivity index (χ0) is 13.8. The summed E-state index contributed by atoms with van der Waals surface area (Å²) in [5.74, 6) is 0.968. The molecule has 2 nitrogen and oxygen atoms in total. The van der Waals surface area contributed by atoms with Crippen molar-refractivity contribution in [2.75, 3.05) is 13.2 Å². The molecular weight excluding hydrogens is 314 g/mol. The van der Waals surface area contributed by atoms with Gasteiger partial charge in [-0.2, -0.15) is 0 Å². The highest BCUT2D eigenvalue weighted by molar-refractivity contribution is 9.10. The quantitative estimate of drug-likeness (QED) is 0.752. The predicted octanol–water partition coefficient (Wildman–Crippen LogP) is 4.51. The first kappa shape index (κ1) is 13.9. The van der Waals surface area contributed by atoms with E-state index >= 15 is 0 Å². The third-order valence-electron chi connectivity index (χ3n) is 3.62. The van der Waals surface area contributed by atoms with Crippen molar-refractivity contribution >= 4 is 26.7 Å². The van der Waals surface area contributed by atoms with Crippen molar-refractivity contribution in [1.82, 2.24) is 5.32 Å². The minimum Gasteiger partial charge on any atom is -0.494 e. The Kier molecular flexibility index (Phi) is 4.58. The summed E-state index contributed by atoms with van der Waals surface area (Å²) in [6.07, 6.45) is 5.03. The first-order valence-corrected chi connectivity index (χ1v) is 8.16. The van der Waals surface area contributed by atoms with Crippen molar-refractivity contribution in [2.24, 2.45) is 0 Å². The van der Waals surface area contributed by atoms with Gasteiger partial charge in [0.25, 0.3) is 0 Å². The Morgan fingerprint density at radius 2 is 1.85 bits per heavy atom. The number of unbranched alkanes of at least 4 members (excludes halogenated alkanes) is 1. The third-order valence-corrected chi connectivity index (χ3v) is 4.12. The lowest BCUT2D eigenvalue weighted by Crippen LogP contribution is -2.17. The molecule has 3 rings (SSSR count). The Labute approximate surface area is 128 Å². The maximum atomic E-state index is 5.83. The summed E-state index contributed by atoms with van der Waals surface area (Å²) in [7, 11) is 0. The van der Waals surface area contributed by atoms with Crippen LogP contribution < -0.4 is 10.1 Å². The summed E-state index contributed by atoms with van der Waals surface area (Å²) >= 11 is 3.49. The molecule has 0 aromatic heterocycles. The topological polar surface area (TPSA) is 21.3 Å². The molecule has 1 N–H and O–H groups in total. The summed E-state index contributed by atoms with van der Waals surface area (Å²) in [5, 5.41) is 5.98. The van der Waals surface area contributed by atoms with Crippen molar-refractivity contribution in [3.63, 3.8) is 0 Å². The first-order chi connectivity index (χ1) is 9.81. The van der Waals surface area contributed by atoms with E-state index in [4.69, 9.17) is 4.74 Å². The van der Waals surface area contributed by atoms with Crippen LogP contribution in [0.3, 0.4) is 0 Å². The van der Waals surface area contributed by atoms with E-state index < -0.39 is 0 Å². The van der Waals surface area contributed by atoms with Crippen LogP contribution in [0.2, 0.25) is 0 Å².